The van der Waals surface area contributed by atoms with Crippen LogP contribution in [0.25, 0.3) is 0 Å². The molecule has 2 aliphatic rings. The molecule has 7 nitrogen and oxygen atoms in total. The third-order valence-corrected chi connectivity index (χ3v) is 6.16. The smallest absolute Gasteiger partial charge is 0.254 e. The van der Waals surface area contributed by atoms with E-state index < -0.39 is 5.60 Å². The van der Waals surface area contributed by atoms with Gasteiger partial charge in [-0.1, -0.05) is 12.1 Å². The van der Waals surface area contributed by atoms with Gasteiger partial charge < -0.3 is 19.1 Å². The van der Waals surface area contributed by atoms with Crippen molar-refractivity contribution in [1.29, 1.82) is 0 Å². The zero-order chi connectivity index (χ0) is 22.0. The molecule has 0 unspecified atom stereocenters. The second-order valence-electron chi connectivity index (χ2n) is 8.31. The maximum absolute atomic E-state index is 13.2. The zero-order valence-electron chi connectivity index (χ0n) is 17.6. The highest BCUT2D eigenvalue weighted by molar-refractivity contribution is 5.94. The Balaban J connectivity index is 1.43. The van der Waals surface area contributed by atoms with Crippen LogP contribution in [-0.2, 0) is 23.1 Å². The van der Waals surface area contributed by atoms with Crippen molar-refractivity contribution in [2.75, 3.05) is 26.2 Å². The molecule has 2 aromatic rings. The third kappa shape index (κ3) is 4.69. The van der Waals surface area contributed by atoms with Gasteiger partial charge in [-0.25, -0.2) is 4.39 Å². The first kappa shape index (κ1) is 21.2. The van der Waals surface area contributed by atoms with Gasteiger partial charge in [-0.15, -0.1) is 0 Å². The number of aryl methyl sites for hydroxylation is 1. The monoisotopic (exact) mass is 427 g/mol. The lowest BCUT2D eigenvalue weighted by molar-refractivity contribution is -0.132. The number of halogens is 1. The predicted molar refractivity (Wildman–Crippen MR) is 112 cm³/mol. The van der Waals surface area contributed by atoms with E-state index in [0.717, 1.165) is 5.56 Å². The van der Waals surface area contributed by atoms with Crippen molar-refractivity contribution in [2.45, 2.75) is 31.4 Å². The number of hydrogen-bond donors (Lipinski definition) is 0. The van der Waals surface area contributed by atoms with Crippen molar-refractivity contribution in [2.24, 2.45) is 7.05 Å². The minimum absolute atomic E-state index is 0.0137. The molecule has 3 heterocycles. The predicted octanol–water partition coefficient (Wildman–Crippen LogP) is 1.95. The van der Waals surface area contributed by atoms with Gasteiger partial charge >= 0.3 is 0 Å². The average molecular weight is 427 g/mol. The molecular formula is C23H26FN3O4. The van der Waals surface area contributed by atoms with Crippen molar-refractivity contribution in [3.8, 4) is 0 Å². The summed E-state index contributed by atoms with van der Waals surface area (Å²) in [5.41, 5.74) is 0.524. The third-order valence-electron chi connectivity index (χ3n) is 6.16. The number of nitrogens with zero attached hydrogens (tertiary/aromatic N) is 3. The van der Waals surface area contributed by atoms with Crippen LogP contribution in [0.2, 0.25) is 0 Å². The Morgan fingerprint density at radius 1 is 1.13 bits per heavy atom. The van der Waals surface area contributed by atoms with Crippen LogP contribution in [0.1, 0.15) is 35.2 Å². The fourth-order valence-electron chi connectivity index (χ4n) is 4.23. The molecular weight excluding hydrogens is 401 g/mol. The first-order chi connectivity index (χ1) is 14.8. The number of piperidine rings is 1. The lowest BCUT2D eigenvalue weighted by atomic mass is 9.90. The lowest BCUT2D eigenvalue weighted by Gasteiger charge is -2.42. The molecule has 8 heteroatoms. The summed E-state index contributed by atoms with van der Waals surface area (Å²) in [6, 6.07) is 9.17. The van der Waals surface area contributed by atoms with Gasteiger partial charge in [0.05, 0.1) is 25.2 Å². The molecule has 0 atom stereocenters. The Morgan fingerprint density at radius 3 is 2.52 bits per heavy atom. The van der Waals surface area contributed by atoms with E-state index in [9.17, 15) is 18.8 Å². The molecule has 0 N–H and O–H groups in total. The maximum atomic E-state index is 13.2. The minimum Gasteiger partial charge on any atom is -0.372 e. The van der Waals surface area contributed by atoms with Gasteiger partial charge in [0.2, 0.25) is 5.91 Å². The summed E-state index contributed by atoms with van der Waals surface area (Å²) in [5, 5.41) is 0. The van der Waals surface area contributed by atoms with E-state index in [-0.39, 0.29) is 23.2 Å². The fourth-order valence-corrected chi connectivity index (χ4v) is 4.23. The largest absolute Gasteiger partial charge is 0.372 e. The number of pyridine rings is 1. The second kappa shape index (κ2) is 8.63. The van der Waals surface area contributed by atoms with E-state index >= 15 is 0 Å². The summed E-state index contributed by atoms with van der Waals surface area (Å²) in [4.78, 5) is 40.8. The van der Waals surface area contributed by atoms with Crippen LogP contribution in [0.3, 0.4) is 0 Å². The summed E-state index contributed by atoms with van der Waals surface area (Å²) < 4.78 is 20.8. The lowest BCUT2D eigenvalue weighted by Crippen LogP contribution is -2.53. The van der Waals surface area contributed by atoms with E-state index in [1.807, 2.05) is 0 Å². The highest BCUT2D eigenvalue weighted by Gasteiger charge is 2.41. The second-order valence-corrected chi connectivity index (χ2v) is 8.31. The molecule has 1 aromatic carbocycles. The molecule has 2 amide bonds. The number of hydrogen-bond acceptors (Lipinski definition) is 4. The Hall–Kier alpha value is -3.00. The minimum atomic E-state index is -0.504. The van der Waals surface area contributed by atoms with Crippen LogP contribution in [0, 0.1) is 5.82 Å². The molecule has 2 aliphatic heterocycles. The number of rotatable bonds is 3. The highest BCUT2D eigenvalue weighted by Crippen LogP contribution is 2.31. The first-order valence-corrected chi connectivity index (χ1v) is 10.5. The van der Waals surface area contributed by atoms with Gasteiger partial charge in [-0.05, 0) is 36.6 Å². The molecule has 4 rings (SSSR count). The summed E-state index contributed by atoms with van der Waals surface area (Å²) >= 11 is 0. The van der Waals surface area contributed by atoms with Crippen LogP contribution in [-0.4, -0.2) is 58.0 Å². The SMILES string of the molecule is Cn1ccc(C(=O)N2CCC3(CC2)CN(Cc2ccc(F)cc2)C(=O)CCO3)cc1=O. The molecule has 1 aromatic heterocycles. The van der Waals surface area contributed by atoms with Crippen molar-refractivity contribution >= 4 is 11.8 Å². The summed E-state index contributed by atoms with van der Waals surface area (Å²) in [7, 11) is 1.64. The molecule has 0 radical (unpaired) electrons. The van der Waals surface area contributed by atoms with Crippen molar-refractivity contribution in [3.63, 3.8) is 0 Å². The van der Waals surface area contributed by atoms with E-state index in [0.29, 0.717) is 57.6 Å². The van der Waals surface area contributed by atoms with Crippen LogP contribution in [0.5, 0.6) is 0 Å². The van der Waals surface area contributed by atoms with Gasteiger partial charge in [0, 0.05) is 44.5 Å². The Labute approximate surface area is 180 Å². The van der Waals surface area contributed by atoms with Gasteiger partial charge in [0.15, 0.2) is 0 Å². The topological polar surface area (TPSA) is 71.8 Å². The summed E-state index contributed by atoms with van der Waals surface area (Å²) in [5.74, 6) is -0.459. The van der Waals surface area contributed by atoms with Gasteiger partial charge in [0.1, 0.15) is 5.82 Å². The molecule has 0 bridgehead atoms. The van der Waals surface area contributed by atoms with Crippen molar-refractivity contribution in [3.05, 3.63) is 69.9 Å². The number of amides is 2. The molecule has 2 fully saturated rings. The van der Waals surface area contributed by atoms with E-state index in [1.54, 1.807) is 41.2 Å². The molecule has 1 spiro atoms. The molecule has 31 heavy (non-hydrogen) atoms. The number of benzene rings is 1. The van der Waals surface area contributed by atoms with Crippen molar-refractivity contribution < 1.29 is 18.7 Å². The van der Waals surface area contributed by atoms with E-state index in [2.05, 4.69) is 0 Å². The highest BCUT2D eigenvalue weighted by atomic mass is 19.1. The number of likely N-dealkylation sites (tertiary alicyclic amines) is 1. The molecule has 164 valence electrons. The van der Waals surface area contributed by atoms with E-state index in [1.165, 1.54) is 22.8 Å². The molecule has 2 saturated heterocycles. The normalized spacial score (nSPS) is 18.8. The van der Waals surface area contributed by atoms with Gasteiger partial charge in [-0.3, -0.25) is 14.4 Å². The van der Waals surface area contributed by atoms with Crippen LogP contribution in [0.15, 0.2) is 47.4 Å². The fraction of sp³-hybridized carbons (Fsp3) is 0.435. The Kier molecular flexibility index (Phi) is 5.91. The number of ether oxygens (including phenoxy) is 1. The quantitative estimate of drug-likeness (QED) is 0.751. The average Bonchev–Trinajstić information content (AvgIpc) is 2.90. The first-order valence-electron chi connectivity index (χ1n) is 10.5. The van der Waals surface area contributed by atoms with Gasteiger partial charge in [-0.2, -0.15) is 0 Å². The van der Waals surface area contributed by atoms with Gasteiger partial charge in [0.25, 0.3) is 11.5 Å². The van der Waals surface area contributed by atoms with Crippen LogP contribution < -0.4 is 5.56 Å². The van der Waals surface area contributed by atoms with E-state index in [4.69, 9.17) is 4.74 Å². The Morgan fingerprint density at radius 2 is 1.84 bits per heavy atom. The standard InChI is InChI=1S/C23H26FN3O4/c1-25-10-6-18(14-21(25)29)22(30)26-11-8-23(9-12-26)16-27(20(28)7-13-31-23)15-17-2-4-19(24)5-3-17/h2-6,10,14H,7-9,11-13,15-16H2,1H3. The van der Waals surface area contributed by atoms with Crippen LogP contribution >= 0.6 is 0 Å². The molecule has 0 aliphatic carbocycles. The zero-order valence-corrected chi connectivity index (χ0v) is 17.6. The number of carbonyl (C=O) groups is 2. The number of aromatic nitrogens is 1. The summed E-state index contributed by atoms with van der Waals surface area (Å²) in [6.07, 6.45) is 3.11. The summed E-state index contributed by atoms with van der Waals surface area (Å²) in [6.45, 7) is 2.18. The Bertz CT molecular complexity index is 1030. The molecule has 0 saturated carbocycles. The number of carbonyl (C=O) groups excluding carboxylic acids is 2. The van der Waals surface area contributed by atoms with Crippen LogP contribution in [0.4, 0.5) is 4.39 Å². The van der Waals surface area contributed by atoms with Crippen molar-refractivity contribution in [1.82, 2.24) is 14.4 Å². The maximum Gasteiger partial charge on any atom is 0.254 e.